The molecular weight excluding hydrogens is 408 g/mol. The smallest absolute Gasteiger partial charge is 0.407 e. The van der Waals surface area contributed by atoms with Gasteiger partial charge in [0.15, 0.2) is 0 Å². The Morgan fingerprint density at radius 1 is 1.22 bits per heavy atom. The minimum absolute atomic E-state index is 0.0195. The molecule has 0 aliphatic carbocycles. The number of pyridine rings is 1. The number of carboxylic acid groups (broad SMARTS) is 1. The fraction of sp³-hybridized carbons (Fsp3) is 0.375. The van der Waals surface area contributed by atoms with Crippen molar-refractivity contribution in [1.82, 2.24) is 19.4 Å². The van der Waals surface area contributed by atoms with Crippen LogP contribution in [-0.4, -0.2) is 69.2 Å². The molecule has 3 aromatic rings. The lowest BCUT2D eigenvalue weighted by atomic mass is 9.98. The second-order valence-corrected chi connectivity index (χ2v) is 8.31. The summed E-state index contributed by atoms with van der Waals surface area (Å²) in [6, 6.07) is 11.4. The van der Waals surface area contributed by atoms with Crippen LogP contribution in [0.2, 0.25) is 0 Å². The molecule has 2 aromatic heterocycles. The molecule has 1 aliphatic heterocycles. The monoisotopic (exact) mass is 436 g/mol. The van der Waals surface area contributed by atoms with Gasteiger partial charge in [-0.2, -0.15) is 0 Å². The minimum Gasteiger partial charge on any atom is -0.489 e. The van der Waals surface area contributed by atoms with E-state index in [9.17, 15) is 14.7 Å². The Kier molecular flexibility index (Phi) is 6.03. The zero-order valence-corrected chi connectivity index (χ0v) is 18.6. The van der Waals surface area contributed by atoms with Crippen molar-refractivity contribution in [3.63, 3.8) is 0 Å². The average molecular weight is 437 g/mol. The topological polar surface area (TPSA) is 87.9 Å². The molecule has 32 heavy (non-hydrogen) atoms. The third-order valence-corrected chi connectivity index (χ3v) is 6.00. The number of hydrogen-bond donors (Lipinski definition) is 1. The van der Waals surface area contributed by atoms with Gasteiger partial charge in [0.2, 0.25) is 0 Å². The number of aromatic nitrogens is 2. The Bertz CT molecular complexity index is 1120. The highest BCUT2D eigenvalue weighted by atomic mass is 16.5. The minimum atomic E-state index is -0.863. The molecule has 1 N–H and O–H groups in total. The zero-order chi connectivity index (χ0) is 22.8. The van der Waals surface area contributed by atoms with Crippen molar-refractivity contribution in [3.8, 4) is 11.6 Å². The van der Waals surface area contributed by atoms with E-state index < -0.39 is 6.09 Å². The molecule has 1 aromatic carbocycles. The van der Waals surface area contributed by atoms with Crippen LogP contribution in [0.1, 0.15) is 36.5 Å². The van der Waals surface area contributed by atoms with Gasteiger partial charge in [-0.25, -0.2) is 9.78 Å². The Balaban J connectivity index is 1.48. The van der Waals surface area contributed by atoms with Crippen molar-refractivity contribution in [2.24, 2.45) is 0 Å². The molecule has 1 aliphatic rings. The Morgan fingerprint density at radius 3 is 2.69 bits per heavy atom. The maximum absolute atomic E-state index is 12.2. The largest absolute Gasteiger partial charge is 0.489 e. The van der Waals surface area contributed by atoms with Gasteiger partial charge in [-0.3, -0.25) is 4.79 Å². The van der Waals surface area contributed by atoms with Crippen LogP contribution in [-0.2, 0) is 0 Å². The summed E-state index contributed by atoms with van der Waals surface area (Å²) in [4.78, 5) is 31.2. The molecule has 0 spiro atoms. The van der Waals surface area contributed by atoms with Crippen LogP contribution >= 0.6 is 0 Å². The summed E-state index contributed by atoms with van der Waals surface area (Å²) in [6.07, 6.45) is 4.87. The molecule has 8 nitrogen and oxygen atoms in total. The summed E-state index contributed by atoms with van der Waals surface area (Å²) in [5.41, 5.74) is 1.62. The van der Waals surface area contributed by atoms with Gasteiger partial charge in [-0.1, -0.05) is 6.92 Å². The average Bonchev–Trinajstić information content (AvgIpc) is 3.22. The number of ether oxygens (including phenoxy) is 1. The fourth-order valence-electron chi connectivity index (χ4n) is 4.27. The molecule has 2 atom stereocenters. The molecule has 3 heterocycles. The third kappa shape index (κ3) is 4.26. The highest BCUT2D eigenvalue weighted by Gasteiger charge is 2.31. The van der Waals surface area contributed by atoms with Crippen molar-refractivity contribution in [3.05, 3.63) is 54.4 Å². The van der Waals surface area contributed by atoms with Crippen LogP contribution in [0.25, 0.3) is 16.7 Å². The van der Waals surface area contributed by atoms with Crippen LogP contribution in [0, 0.1) is 0 Å². The first kappa shape index (κ1) is 21.7. The van der Waals surface area contributed by atoms with Gasteiger partial charge in [0.1, 0.15) is 17.7 Å². The lowest BCUT2D eigenvalue weighted by molar-refractivity contribution is 0.0529. The molecular formula is C24H28N4O4. The zero-order valence-electron chi connectivity index (χ0n) is 18.6. The van der Waals surface area contributed by atoms with E-state index in [0.717, 1.165) is 23.1 Å². The van der Waals surface area contributed by atoms with Crippen molar-refractivity contribution < 1.29 is 19.4 Å². The number of likely N-dealkylation sites (tertiary alicyclic amines) is 1. The third-order valence-electron chi connectivity index (χ3n) is 6.00. The maximum Gasteiger partial charge on any atom is 0.407 e. The Hall–Kier alpha value is -3.55. The molecule has 1 fully saturated rings. The number of rotatable bonds is 5. The van der Waals surface area contributed by atoms with Gasteiger partial charge >= 0.3 is 6.09 Å². The van der Waals surface area contributed by atoms with Crippen molar-refractivity contribution in [2.75, 3.05) is 20.6 Å². The van der Waals surface area contributed by atoms with Crippen LogP contribution < -0.4 is 4.74 Å². The molecule has 168 valence electrons. The number of carbonyl (C=O) groups is 2. The van der Waals surface area contributed by atoms with Crippen LogP contribution in [0.15, 0.2) is 48.8 Å². The fourth-order valence-corrected chi connectivity index (χ4v) is 4.27. The molecule has 2 unspecified atom stereocenters. The predicted molar refractivity (Wildman–Crippen MR) is 122 cm³/mol. The number of piperidine rings is 1. The second kappa shape index (κ2) is 8.90. The van der Waals surface area contributed by atoms with Gasteiger partial charge < -0.3 is 24.2 Å². The van der Waals surface area contributed by atoms with E-state index in [0.29, 0.717) is 30.7 Å². The van der Waals surface area contributed by atoms with Crippen LogP contribution in [0.3, 0.4) is 0 Å². The quantitative estimate of drug-likeness (QED) is 0.653. The van der Waals surface area contributed by atoms with Crippen LogP contribution in [0.5, 0.6) is 5.75 Å². The first-order chi connectivity index (χ1) is 15.4. The number of benzene rings is 1. The number of amides is 2. The normalized spacial score (nSPS) is 18.5. The van der Waals surface area contributed by atoms with E-state index in [1.54, 1.807) is 25.2 Å². The lowest BCUT2D eigenvalue weighted by Gasteiger charge is -2.37. The summed E-state index contributed by atoms with van der Waals surface area (Å²) in [5, 5.41) is 10.3. The SMILES string of the molecule is CCC1CC(Oc2ccc(-n3ccc4cc(C(=O)N(C)C)ccc43)nc2)CCN1C(=O)O. The summed E-state index contributed by atoms with van der Waals surface area (Å²) < 4.78 is 8.08. The number of carbonyl (C=O) groups excluding carboxylic acids is 1. The first-order valence-electron chi connectivity index (χ1n) is 10.8. The van der Waals surface area contributed by atoms with E-state index in [1.807, 2.05) is 54.1 Å². The van der Waals surface area contributed by atoms with E-state index >= 15 is 0 Å². The van der Waals surface area contributed by atoms with Crippen molar-refractivity contribution in [1.29, 1.82) is 0 Å². The highest BCUT2D eigenvalue weighted by molar-refractivity contribution is 5.98. The number of fused-ring (bicyclic) bond motifs is 1. The number of hydrogen-bond acceptors (Lipinski definition) is 4. The van der Waals surface area contributed by atoms with Crippen LogP contribution in [0.4, 0.5) is 4.79 Å². The predicted octanol–water partition coefficient (Wildman–Crippen LogP) is 4.03. The van der Waals surface area contributed by atoms with Gasteiger partial charge in [-0.15, -0.1) is 0 Å². The molecule has 0 radical (unpaired) electrons. The summed E-state index contributed by atoms with van der Waals surface area (Å²) >= 11 is 0. The molecule has 0 bridgehead atoms. The van der Waals surface area contributed by atoms with Gasteiger partial charge in [-0.05, 0) is 42.8 Å². The highest BCUT2D eigenvalue weighted by Crippen LogP contribution is 2.26. The summed E-state index contributed by atoms with van der Waals surface area (Å²) in [6.45, 7) is 2.48. The summed E-state index contributed by atoms with van der Waals surface area (Å²) in [7, 11) is 3.48. The summed E-state index contributed by atoms with van der Waals surface area (Å²) in [5.74, 6) is 1.40. The molecule has 2 amide bonds. The van der Waals surface area contributed by atoms with E-state index in [2.05, 4.69) is 4.98 Å². The van der Waals surface area contributed by atoms with Crippen molar-refractivity contribution >= 4 is 22.9 Å². The van der Waals surface area contributed by atoms with Gasteiger partial charge in [0, 0.05) is 56.7 Å². The molecule has 1 saturated heterocycles. The maximum atomic E-state index is 12.2. The first-order valence-corrected chi connectivity index (χ1v) is 10.8. The molecule has 0 saturated carbocycles. The standard InChI is InChI=1S/C24H28N4O4/c1-4-18-14-19(10-12-27(18)24(30)31)32-20-6-8-22(25-15-20)28-11-9-16-13-17(5-7-21(16)28)23(29)26(2)3/h5-9,11,13,15,18-19H,4,10,12,14H2,1-3H3,(H,30,31). The van der Waals surface area contributed by atoms with E-state index in [1.165, 1.54) is 4.90 Å². The van der Waals surface area contributed by atoms with E-state index in [4.69, 9.17) is 4.74 Å². The van der Waals surface area contributed by atoms with E-state index in [-0.39, 0.29) is 18.1 Å². The van der Waals surface area contributed by atoms with Gasteiger partial charge in [0.25, 0.3) is 5.91 Å². The Labute approximate surface area is 187 Å². The second-order valence-electron chi connectivity index (χ2n) is 8.31. The van der Waals surface area contributed by atoms with Crippen molar-refractivity contribution in [2.45, 2.75) is 38.3 Å². The molecule has 8 heteroatoms. The molecule has 4 rings (SSSR count). The lowest BCUT2D eigenvalue weighted by Crippen LogP contribution is -2.48. The van der Waals surface area contributed by atoms with Gasteiger partial charge in [0.05, 0.1) is 11.7 Å². The Morgan fingerprint density at radius 2 is 2.03 bits per heavy atom. The number of nitrogens with zero attached hydrogens (tertiary/aromatic N) is 4.